The van der Waals surface area contributed by atoms with E-state index < -0.39 is 0 Å². The standard InChI is InChI=1S/C11H12N2/c1-2-4-10-8(3-1)9-7-12-6-5-11(9)13-10/h1-2,5-9,11H,3-4H2. The summed E-state index contributed by atoms with van der Waals surface area (Å²) in [5.74, 6) is 1.19. The molecule has 3 atom stereocenters. The summed E-state index contributed by atoms with van der Waals surface area (Å²) in [7, 11) is 0. The average Bonchev–Trinajstić information content (AvgIpc) is 2.56. The van der Waals surface area contributed by atoms with Crippen molar-refractivity contribution in [3.8, 4) is 0 Å². The second-order valence-corrected chi connectivity index (χ2v) is 3.85. The van der Waals surface area contributed by atoms with Crippen LogP contribution in [0, 0.1) is 11.8 Å². The number of rotatable bonds is 0. The van der Waals surface area contributed by atoms with E-state index in [-0.39, 0.29) is 0 Å². The van der Waals surface area contributed by atoms with Gasteiger partial charge in [0, 0.05) is 36.4 Å². The molecular formula is C11H12N2. The van der Waals surface area contributed by atoms with Gasteiger partial charge >= 0.3 is 0 Å². The van der Waals surface area contributed by atoms with Gasteiger partial charge < -0.3 is 0 Å². The van der Waals surface area contributed by atoms with Crippen LogP contribution >= 0.6 is 0 Å². The maximum atomic E-state index is 4.72. The van der Waals surface area contributed by atoms with Crippen molar-refractivity contribution in [1.29, 1.82) is 0 Å². The van der Waals surface area contributed by atoms with Crippen molar-refractivity contribution in [3.63, 3.8) is 0 Å². The van der Waals surface area contributed by atoms with Crippen LogP contribution in [0.5, 0.6) is 0 Å². The van der Waals surface area contributed by atoms with E-state index in [4.69, 9.17) is 4.99 Å². The molecule has 2 nitrogen and oxygen atoms in total. The molecule has 0 aromatic heterocycles. The third kappa shape index (κ3) is 1.01. The molecule has 0 amide bonds. The van der Waals surface area contributed by atoms with E-state index in [1.54, 1.807) is 0 Å². The molecule has 2 aliphatic heterocycles. The first-order chi connectivity index (χ1) is 6.45. The van der Waals surface area contributed by atoms with Gasteiger partial charge in [0.15, 0.2) is 0 Å². The fraction of sp³-hybridized carbons (Fsp3) is 0.455. The monoisotopic (exact) mass is 172 g/mol. The van der Waals surface area contributed by atoms with Crippen molar-refractivity contribution in [2.45, 2.75) is 18.9 Å². The van der Waals surface area contributed by atoms with E-state index in [9.17, 15) is 0 Å². The van der Waals surface area contributed by atoms with Crippen molar-refractivity contribution >= 4 is 11.9 Å². The van der Waals surface area contributed by atoms with Crippen LogP contribution in [-0.2, 0) is 0 Å². The molecule has 13 heavy (non-hydrogen) atoms. The number of nitrogens with zero attached hydrogens (tertiary/aromatic N) is 2. The van der Waals surface area contributed by atoms with Gasteiger partial charge in [0.25, 0.3) is 0 Å². The Morgan fingerprint density at radius 2 is 2.31 bits per heavy atom. The molecule has 3 aliphatic rings. The minimum Gasteiger partial charge on any atom is -0.285 e. The number of aliphatic imine (C=N–C) groups is 2. The Bertz CT molecular complexity index is 336. The van der Waals surface area contributed by atoms with Crippen LogP contribution in [-0.4, -0.2) is 18.0 Å². The molecule has 0 N–H and O–H groups in total. The van der Waals surface area contributed by atoms with E-state index in [1.165, 1.54) is 5.71 Å². The van der Waals surface area contributed by atoms with Crippen LogP contribution in [0.3, 0.4) is 0 Å². The normalized spacial score (nSPS) is 40.0. The van der Waals surface area contributed by atoms with Gasteiger partial charge in [0.1, 0.15) is 0 Å². The Labute approximate surface area is 77.8 Å². The summed E-state index contributed by atoms with van der Waals surface area (Å²) in [5.41, 5.74) is 1.38. The lowest BCUT2D eigenvalue weighted by molar-refractivity contribution is 0.533. The highest BCUT2D eigenvalue weighted by Crippen LogP contribution is 2.35. The Balaban J connectivity index is 1.97. The van der Waals surface area contributed by atoms with Gasteiger partial charge in [-0.05, 0) is 12.5 Å². The zero-order valence-corrected chi connectivity index (χ0v) is 7.43. The van der Waals surface area contributed by atoms with Crippen LogP contribution in [0.25, 0.3) is 0 Å². The van der Waals surface area contributed by atoms with Crippen molar-refractivity contribution in [2.24, 2.45) is 21.8 Å². The maximum Gasteiger partial charge on any atom is 0.0781 e. The lowest BCUT2D eigenvalue weighted by Crippen LogP contribution is -2.25. The quantitative estimate of drug-likeness (QED) is 0.499. The lowest BCUT2D eigenvalue weighted by Gasteiger charge is -2.21. The van der Waals surface area contributed by atoms with Gasteiger partial charge in [-0.3, -0.25) is 9.98 Å². The molecule has 0 aromatic carbocycles. The molecule has 1 aliphatic carbocycles. The fourth-order valence-corrected chi connectivity index (χ4v) is 2.43. The van der Waals surface area contributed by atoms with Gasteiger partial charge in [0.2, 0.25) is 0 Å². The highest BCUT2D eigenvalue weighted by molar-refractivity contribution is 5.94. The zero-order chi connectivity index (χ0) is 8.67. The fourth-order valence-electron chi connectivity index (χ4n) is 2.43. The third-order valence-electron chi connectivity index (χ3n) is 3.11. The van der Waals surface area contributed by atoms with Crippen molar-refractivity contribution < 1.29 is 0 Å². The van der Waals surface area contributed by atoms with Gasteiger partial charge in [-0.25, -0.2) is 0 Å². The second kappa shape index (κ2) is 2.66. The van der Waals surface area contributed by atoms with E-state index in [0.29, 0.717) is 17.9 Å². The number of hydrogen-bond acceptors (Lipinski definition) is 2. The largest absolute Gasteiger partial charge is 0.285 e. The molecule has 2 heteroatoms. The lowest BCUT2D eigenvalue weighted by atomic mass is 9.81. The number of allylic oxidation sites excluding steroid dienone is 2. The first-order valence-electron chi connectivity index (χ1n) is 4.87. The van der Waals surface area contributed by atoms with Crippen LogP contribution in [0.1, 0.15) is 12.8 Å². The molecule has 0 bridgehead atoms. The Kier molecular flexibility index (Phi) is 1.48. The van der Waals surface area contributed by atoms with Crippen molar-refractivity contribution in [2.75, 3.05) is 0 Å². The van der Waals surface area contributed by atoms with Crippen molar-refractivity contribution in [1.82, 2.24) is 0 Å². The summed E-state index contributed by atoms with van der Waals surface area (Å²) >= 11 is 0. The average molecular weight is 172 g/mol. The predicted octanol–water partition coefficient (Wildman–Crippen LogP) is 1.99. The first-order valence-corrected chi connectivity index (χ1v) is 4.87. The Morgan fingerprint density at radius 1 is 1.31 bits per heavy atom. The molecule has 2 heterocycles. The van der Waals surface area contributed by atoms with E-state index in [1.807, 2.05) is 6.20 Å². The van der Waals surface area contributed by atoms with Crippen LogP contribution in [0.4, 0.5) is 0 Å². The summed E-state index contributed by atoms with van der Waals surface area (Å²) in [6.45, 7) is 0. The molecular weight excluding hydrogens is 160 g/mol. The molecule has 3 unspecified atom stereocenters. The van der Waals surface area contributed by atoms with E-state index >= 15 is 0 Å². The number of fused-ring (bicyclic) bond motifs is 3. The smallest absolute Gasteiger partial charge is 0.0781 e. The Hall–Kier alpha value is -1.18. The Morgan fingerprint density at radius 3 is 3.31 bits per heavy atom. The van der Waals surface area contributed by atoms with Gasteiger partial charge in [-0.15, -0.1) is 0 Å². The predicted molar refractivity (Wildman–Crippen MR) is 54.2 cm³/mol. The van der Waals surface area contributed by atoms with Crippen molar-refractivity contribution in [3.05, 3.63) is 24.4 Å². The maximum absolute atomic E-state index is 4.72. The molecule has 0 saturated carbocycles. The molecule has 0 spiro atoms. The minimum absolute atomic E-state index is 0.386. The highest BCUT2D eigenvalue weighted by atomic mass is 14.9. The summed E-state index contributed by atoms with van der Waals surface area (Å²) in [6, 6.07) is 0.386. The first kappa shape index (κ1) is 7.25. The van der Waals surface area contributed by atoms with Gasteiger partial charge in [-0.2, -0.15) is 0 Å². The van der Waals surface area contributed by atoms with Gasteiger partial charge in [-0.1, -0.05) is 12.2 Å². The molecule has 3 rings (SSSR count). The summed E-state index contributed by atoms with van der Waals surface area (Å²) in [4.78, 5) is 8.93. The zero-order valence-electron chi connectivity index (χ0n) is 7.43. The van der Waals surface area contributed by atoms with E-state index in [0.717, 1.165) is 12.8 Å². The third-order valence-corrected chi connectivity index (χ3v) is 3.11. The summed E-state index contributed by atoms with van der Waals surface area (Å²) in [6.07, 6.45) is 12.8. The molecule has 66 valence electrons. The summed E-state index contributed by atoms with van der Waals surface area (Å²) in [5, 5.41) is 0. The summed E-state index contributed by atoms with van der Waals surface area (Å²) < 4.78 is 0. The minimum atomic E-state index is 0.386. The molecule has 0 saturated heterocycles. The van der Waals surface area contributed by atoms with Gasteiger partial charge in [0.05, 0.1) is 6.04 Å². The van der Waals surface area contributed by atoms with Crippen LogP contribution in [0.2, 0.25) is 0 Å². The molecule has 0 radical (unpaired) electrons. The SMILES string of the molecule is C1=CCC2C(=NC3C=CN=CC32)C1. The number of hydrogen-bond donors (Lipinski definition) is 0. The van der Waals surface area contributed by atoms with E-state index in [2.05, 4.69) is 29.4 Å². The second-order valence-electron chi connectivity index (χ2n) is 3.85. The molecule has 0 fully saturated rings. The highest BCUT2D eigenvalue weighted by Gasteiger charge is 2.36. The molecule has 0 aromatic rings. The van der Waals surface area contributed by atoms with Crippen LogP contribution in [0.15, 0.2) is 34.4 Å². The topological polar surface area (TPSA) is 24.7 Å². The van der Waals surface area contributed by atoms with Crippen LogP contribution < -0.4 is 0 Å².